The molecule has 0 saturated carbocycles. The van der Waals surface area contributed by atoms with Crippen LogP contribution in [0.15, 0.2) is 102 Å². The van der Waals surface area contributed by atoms with E-state index in [1.807, 2.05) is 91.0 Å². The van der Waals surface area contributed by atoms with Crippen molar-refractivity contribution in [2.75, 3.05) is 5.32 Å². The summed E-state index contributed by atoms with van der Waals surface area (Å²) in [6.45, 7) is 8.13. The normalized spacial score (nSPS) is 12.5. The SMILES string of the molecule is CC(C)(C)OC(=O)C(C)(C)O/N=C(/C(=O)O)c1csc(NC(c2ccccc2)(c2ccccc2)c2ccccc2)n1. The van der Waals surface area contributed by atoms with E-state index in [1.165, 1.54) is 25.2 Å². The average molecular weight is 572 g/mol. The number of hydrogen-bond acceptors (Lipinski definition) is 8. The van der Waals surface area contributed by atoms with Gasteiger partial charge in [-0.15, -0.1) is 11.3 Å². The average Bonchev–Trinajstić information content (AvgIpc) is 3.40. The molecule has 0 fully saturated rings. The van der Waals surface area contributed by atoms with Gasteiger partial charge in [-0.2, -0.15) is 0 Å². The lowest BCUT2D eigenvalue weighted by Crippen LogP contribution is -2.40. The number of aromatic nitrogens is 1. The van der Waals surface area contributed by atoms with Crippen LogP contribution in [0.2, 0.25) is 0 Å². The number of carboxylic acid groups (broad SMARTS) is 1. The second-order valence-corrected chi connectivity index (χ2v) is 11.7. The summed E-state index contributed by atoms with van der Waals surface area (Å²) in [7, 11) is 0. The second-order valence-electron chi connectivity index (χ2n) is 10.9. The number of thiazole rings is 1. The van der Waals surface area contributed by atoms with Gasteiger partial charge < -0.3 is 20.0 Å². The lowest BCUT2D eigenvalue weighted by atomic mass is 9.77. The van der Waals surface area contributed by atoms with Crippen molar-refractivity contribution in [3.63, 3.8) is 0 Å². The van der Waals surface area contributed by atoms with Crippen LogP contribution in [0.5, 0.6) is 0 Å². The largest absolute Gasteiger partial charge is 0.476 e. The van der Waals surface area contributed by atoms with Crippen LogP contribution >= 0.6 is 11.3 Å². The summed E-state index contributed by atoms with van der Waals surface area (Å²) in [4.78, 5) is 34.8. The van der Waals surface area contributed by atoms with E-state index in [1.54, 1.807) is 26.2 Å². The van der Waals surface area contributed by atoms with Crippen molar-refractivity contribution >= 4 is 34.1 Å². The topological polar surface area (TPSA) is 110 Å². The molecule has 212 valence electrons. The van der Waals surface area contributed by atoms with Gasteiger partial charge in [0.15, 0.2) is 5.13 Å². The Kier molecular flexibility index (Phi) is 8.58. The lowest BCUT2D eigenvalue weighted by Gasteiger charge is -2.36. The van der Waals surface area contributed by atoms with Gasteiger partial charge in [0.1, 0.15) is 16.8 Å². The third kappa shape index (κ3) is 6.81. The monoisotopic (exact) mass is 571 g/mol. The number of anilines is 1. The maximum Gasteiger partial charge on any atom is 0.360 e. The number of carbonyl (C=O) groups excluding carboxylic acids is 1. The first-order chi connectivity index (χ1) is 19.4. The van der Waals surface area contributed by atoms with Crippen LogP contribution in [0.4, 0.5) is 5.13 Å². The molecule has 0 aliphatic carbocycles. The van der Waals surface area contributed by atoms with Crippen molar-refractivity contribution in [3.8, 4) is 0 Å². The van der Waals surface area contributed by atoms with Gasteiger partial charge in [-0.05, 0) is 51.3 Å². The third-order valence-electron chi connectivity index (χ3n) is 6.12. The fourth-order valence-electron chi connectivity index (χ4n) is 4.17. The van der Waals surface area contributed by atoms with Crippen molar-refractivity contribution in [1.29, 1.82) is 0 Å². The standard InChI is InChI=1S/C32H33N3O5S/c1-30(2,3)39-28(38)31(4,5)40-35-26(27(36)37)25-21-41-29(33-25)34-32(22-15-9-6-10-16-22,23-17-11-7-12-18-23)24-19-13-8-14-20-24/h6-21H,1-5H3,(H,33,34)(H,36,37)/b35-26+. The number of carboxylic acids is 1. The van der Waals surface area contributed by atoms with Gasteiger partial charge in [0.2, 0.25) is 11.3 Å². The molecule has 8 nitrogen and oxygen atoms in total. The molecule has 0 aliphatic rings. The molecule has 0 amide bonds. The van der Waals surface area contributed by atoms with E-state index in [-0.39, 0.29) is 5.69 Å². The minimum atomic E-state index is -1.52. The Morgan fingerprint density at radius 3 is 1.68 bits per heavy atom. The summed E-state index contributed by atoms with van der Waals surface area (Å²) >= 11 is 1.24. The highest BCUT2D eigenvalue weighted by atomic mass is 32.1. The van der Waals surface area contributed by atoms with Crippen molar-refractivity contribution in [3.05, 3.63) is 119 Å². The lowest BCUT2D eigenvalue weighted by molar-refractivity contribution is -0.179. The van der Waals surface area contributed by atoms with E-state index in [2.05, 4.69) is 15.5 Å². The van der Waals surface area contributed by atoms with Crippen LogP contribution in [0.1, 0.15) is 57.0 Å². The predicted molar refractivity (Wildman–Crippen MR) is 160 cm³/mol. The highest BCUT2D eigenvalue weighted by molar-refractivity contribution is 7.14. The highest BCUT2D eigenvalue weighted by Gasteiger charge is 2.38. The Morgan fingerprint density at radius 1 is 0.805 bits per heavy atom. The zero-order valence-corrected chi connectivity index (χ0v) is 24.4. The molecule has 41 heavy (non-hydrogen) atoms. The molecular weight excluding hydrogens is 538 g/mol. The molecule has 2 N–H and O–H groups in total. The first-order valence-corrected chi connectivity index (χ1v) is 13.9. The van der Waals surface area contributed by atoms with Gasteiger partial charge >= 0.3 is 11.9 Å². The van der Waals surface area contributed by atoms with E-state index < -0.39 is 34.4 Å². The first-order valence-electron chi connectivity index (χ1n) is 13.1. The summed E-state index contributed by atoms with van der Waals surface area (Å²) < 4.78 is 5.38. The Labute approximate surface area is 243 Å². The minimum absolute atomic E-state index is 0.0908. The Morgan fingerprint density at radius 2 is 1.27 bits per heavy atom. The van der Waals surface area contributed by atoms with E-state index in [9.17, 15) is 14.7 Å². The van der Waals surface area contributed by atoms with Gasteiger partial charge in [-0.25, -0.2) is 14.6 Å². The third-order valence-corrected chi connectivity index (χ3v) is 6.88. The van der Waals surface area contributed by atoms with Gasteiger partial charge in [0.05, 0.1) is 0 Å². The number of esters is 1. The van der Waals surface area contributed by atoms with Crippen LogP contribution < -0.4 is 5.32 Å². The van der Waals surface area contributed by atoms with Crippen molar-refractivity contribution in [2.24, 2.45) is 5.16 Å². The zero-order chi connectivity index (χ0) is 29.7. The number of nitrogens with one attached hydrogen (secondary N) is 1. The Hall–Kier alpha value is -4.50. The minimum Gasteiger partial charge on any atom is -0.476 e. The van der Waals surface area contributed by atoms with Crippen molar-refractivity contribution in [1.82, 2.24) is 4.98 Å². The molecule has 4 rings (SSSR count). The van der Waals surface area contributed by atoms with Crippen LogP contribution in [0.3, 0.4) is 0 Å². The second kappa shape index (κ2) is 11.9. The summed E-state index contributed by atoms with van der Waals surface area (Å²) in [6.07, 6.45) is 0. The number of carbonyl (C=O) groups is 2. The fraction of sp³-hybridized carbons (Fsp3) is 0.250. The van der Waals surface area contributed by atoms with Gasteiger partial charge in [-0.3, -0.25) is 0 Å². The van der Waals surface area contributed by atoms with Crippen LogP contribution in [-0.4, -0.2) is 38.9 Å². The summed E-state index contributed by atoms with van der Waals surface area (Å²) in [5.74, 6) is -2.01. The molecule has 0 atom stereocenters. The molecule has 0 unspecified atom stereocenters. The van der Waals surface area contributed by atoms with Gasteiger partial charge in [0.25, 0.3) is 0 Å². The van der Waals surface area contributed by atoms with Gasteiger partial charge in [-0.1, -0.05) is 96.2 Å². The first kappa shape index (κ1) is 29.5. The predicted octanol–water partition coefficient (Wildman–Crippen LogP) is 6.47. The fourth-order valence-corrected chi connectivity index (χ4v) is 4.93. The maximum absolute atomic E-state index is 12.6. The summed E-state index contributed by atoms with van der Waals surface area (Å²) in [5, 5.41) is 19.4. The highest BCUT2D eigenvalue weighted by Crippen LogP contribution is 2.40. The number of rotatable bonds is 10. The van der Waals surface area contributed by atoms with E-state index in [0.717, 1.165) is 16.7 Å². The summed E-state index contributed by atoms with van der Waals surface area (Å²) in [5.41, 5.74) is -0.516. The smallest absolute Gasteiger partial charge is 0.360 e. The number of ether oxygens (including phenoxy) is 1. The van der Waals surface area contributed by atoms with Crippen LogP contribution in [0.25, 0.3) is 0 Å². The molecule has 3 aromatic carbocycles. The number of aliphatic carboxylic acids is 1. The molecular formula is C32H33N3O5S. The van der Waals surface area contributed by atoms with E-state index >= 15 is 0 Å². The van der Waals surface area contributed by atoms with E-state index in [4.69, 9.17) is 9.57 Å². The number of hydrogen-bond donors (Lipinski definition) is 2. The van der Waals surface area contributed by atoms with Crippen LogP contribution in [0, 0.1) is 0 Å². The van der Waals surface area contributed by atoms with Crippen LogP contribution in [-0.2, 0) is 24.7 Å². The van der Waals surface area contributed by atoms with E-state index in [0.29, 0.717) is 5.13 Å². The van der Waals surface area contributed by atoms with Crippen molar-refractivity contribution < 1.29 is 24.3 Å². The van der Waals surface area contributed by atoms with Crippen molar-refractivity contribution in [2.45, 2.75) is 51.4 Å². The molecule has 9 heteroatoms. The molecule has 1 heterocycles. The molecule has 1 aromatic heterocycles. The molecule has 4 aromatic rings. The molecule has 0 bridgehead atoms. The Balaban J connectivity index is 1.74. The molecule has 0 saturated heterocycles. The number of nitrogens with zero attached hydrogens (tertiary/aromatic N) is 2. The Bertz CT molecular complexity index is 1410. The maximum atomic E-state index is 12.6. The summed E-state index contributed by atoms with van der Waals surface area (Å²) in [6, 6.07) is 30.0. The number of oxime groups is 1. The molecule has 0 radical (unpaired) electrons. The van der Waals surface area contributed by atoms with Gasteiger partial charge in [0, 0.05) is 5.38 Å². The molecule has 0 aliphatic heterocycles. The molecule has 0 spiro atoms. The zero-order valence-electron chi connectivity index (χ0n) is 23.6. The quantitative estimate of drug-likeness (QED) is 0.0971. The number of benzene rings is 3.